The quantitative estimate of drug-likeness (QED) is 0.435. The number of ether oxygens (including phenoxy) is 3. The van der Waals surface area contributed by atoms with Gasteiger partial charge < -0.3 is 14.2 Å². The Morgan fingerprint density at radius 2 is 1.62 bits per heavy atom. The predicted octanol–water partition coefficient (Wildman–Crippen LogP) is 2.69. The van der Waals surface area contributed by atoms with E-state index in [1.54, 1.807) is 25.8 Å². The Balaban J connectivity index is 2.11. The van der Waals surface area contributed by atoms with Gasteiger partial charge in [-0.15, -0.1) is 0 Å². The molecule has 0 spiro atoms. The summed E-state index contributed by atoms with van der Waals surface area (Å²) in [4.78, 5) is 38.8. The molecular formula is C21H28N2O6. The van der Waals surface area contributed by atoms with E-state index in [4.69, 9.17) is 14.2 Å². The molecule has 1 aromatic rings. The molecule has 1 amide bonds. The number of methoxy groups -OCH3 is 2. The Labute approximate surface area is 170 Å². The number of fused-ring (bicyclic) bond motifs is 1. The van der Waals surface area contributed by atoms with Gasteiger partial charge in [0.1, 0.15) is 5.60 Å². The van der Waals surface area contributed by atoms with Gasteiger partial charge in [-0.25, -0.2) is 14.8 Å². The standard InChI is InChI=1S/C21H28N2O6/c1-20(2,3)29-19(26)22-12-11-15-13-21(17(24)27-4,18(25)28-5)16(23(15)22)14-9-7-6-8-10-14/h6-10,15-16H,11-13H2,1-5H3/t15-,16-/m0/s1. The normalized spacial score (nSPS) is 23.4. The largest absolute Gasteiger partial charge is 0.468 e. The molecular weight excluding hydrogens is 376 g/mol. The molecule has 8 nitrogen and oxygen atoms in total. The van der Waals surface area contributed by atoms with Crippen molar-refractivity contribution in [2.75, 3.05) is 20.8 Å². The third kappa shape index (κ3) is 3.57. The summed E-state index contributed by atoms with van der Waals surface area (Å²) in [6, 6.07) is 8.22. The topological polar surface area (TPSA) is 85.4 Å². The molecule has 0 bridgehead atoms. The number of hydrazine groups is 1. The van der Waals surface area contributed by atoms with Crippen LogP contribution in [0.2, 0.25) is 0 Å². The van der Waals surface area contributed by atoms with Crippen molar-refractivity contribution in [3.63, 3.8) is 0 Å². The molecule has 0 N–H and O–H groups in total. The number of esters is 2. The molecule has 1 aromatic carbocycles. The molecule has 2 saturated heterocycles. The molecule has 0 aliphatic carbocycles. The van der Waals surface area contributed by atoms with Crippen LogP contribution >= 0.6 is 0 Å². The first-order valence-electron chi connectivity index (χ1n) is 9.66. The first kappa shape index (κ1) is 21.1. The minimum atomic E-state index is -1.57. The van der Waals surface area contributed by atoms with Crippen molar-refractivity contribution in [3.8, 4) is 0 Å². The average Bonchev–Trinajstić information content (AvgIpc) is 3.23. The molecule has 2 aliphatic heterocycles. The molecule has 3 rings (SSSR count). The van der Waals surface area contributed by atoms with E-state index in [1.165, 1.54) is 19.2 Å². The van der Waals surface area contributed by atoms with Crippen LogP contribution in [0.4, 0.5) is 4.79 Å². The predicted molar refractivity (Wildman–Crippen MR) is 103 cm³/mol. The summed E-state index contributed by atoms with van der Waals surface area (Å²) in [5.41, 5.74) is -1.52. The van der Waals surface area contributed by atoms with Crippen LogP contribution < -0.4 is 0 Å². The van der Waals surface area contributed by atoms with E-state index in [-0.39, 0.29) is 12.5 Å². The Bertz CT molecular complexity index is 772. The molecule has 2 fully saturated rings. The van der Waals surface area contributed by atoms with Gasteiger partial charge in [0, 0.05) is 12.6 Å². The monoisotopic (exact) mass is 404 g/mol. The number of rotatable bonds is 3. The van der Waals surface area contributed by atoms with Crippen LogP contribution in [0.25, 0.3) is 0 Å². The van der Waals surface area contributed by atoms with Crippen molar-refractivity contribution in [1.82, 2.24) is 10.0 Å². The van der Waals surface area contributed by atoms with Crippen LogP contribution in [0.3, 0.4) is 0 Å². The summed E-state index contributed by atoms with van der Waals surface area (Å²) in [5.74, 6) is -1.34. The second kappa shape index (κ2) is 7.67. The SMILES string of the molecule is COC(=O)C1(C(=O)OC)C[C@@H]2CCN(C(=O)OC(C)(C)C)N2[C@H]1c1ccccc1. The first-order chi connectivity index (χ1) is 13.7. The third-order valence-corrected chi connectivity index (χ3v) is 5.43. The number of nitrogens with zero attached hydrogens (tertiary/aromatic N) is 2. The van der Waals surface area contributed by atoms with E-state index in [9.17, 15) is 14.4 Å². The summed E-state index contributed by atoms with van der Waals surface area (Å²) in [6.45, 7) is 5.83. The van der Waals surface area contributed by atoms with Gasteiger partial charge in [-0.05, 0) is 39.2 Å². The van der Waals surface area contributed by atoms with Gasteiger partial charge in [0.05, 0.1) is 20.3 Å². The molecule has 0 aromatic heterocycles. The van der Waals surface area contributed by atoms with Crippen LogP contribution in [0.1, 0.15) is 45.2 Å². The summed E-state index contributed by atoms with van der Waals surface area (Å²) >= 11 is 0. The lowest BCUT2D eigenvalue weighted by molar-refractivity contribution is -0.174. The Morgan fingerprint density at radius 1 is 1.03 bits per heavy atom. The minimum Gasteiger partial charge on any atom is -0.468 e. The second-order valence-corrected chi connectivity index (χ2v) is 8.40. The van der Waals surface area contributed by atoms with Crippen LogP contribution in [0, 0.1) is 5.41 Å². The van der Waals surface area contributed by atoms with Gasteiger partial charge in [0.25, 0.3) is 0 Å². The summed E-state index contributed by atoms with van der Waals surface area (Å²) in [7, 11) is 2.51. The van der Waals surface area contributed by atoms with Gasteiger partial charge in [0.2, 0.25) is 0 Å². The molecule has 2 heterocycles. The Morgan fingerprint density at radius 3 is 2.14 bits per heavy atom. The molecule has 0 saturated carbocycles. The fourth-order valence-electron chi connectivity index (χ4n) is 4.38. The lowest BCUT2D eigenvalue weighted by Crippen LogP contribution is -2.51. The average molecular weight is 404 g/mol. The zero-order chi connectivity index (χ0) is 21.4. The van der Waals surface area contributed by atoms with Crippen LogP contribution in [-0.4, -0.2) is 60.5 Å². The highest BCUT2D eigenvalue weighted by Crippen LogP contribution is 2.55. The van der Waals surface area contributed by atoms with E-state index in [1.807, 2.05) is 30.3 Å². The zero-order valence-corrected chi connectivity index (χ0v) is 17.5. The maximum Gasteiger partial charge on any atom is 0.425 e. The number of hydrogen-bond donors (Lipinski definition) is 0. The Kier molecular flexibility index (Phi) is 5.58. The molecule has 0 radical (unpaired) electrons. The lowest BCUT2D eigenvalue weighted by atomic mass is 9.76. The highest BCUT2D eigenvalue weighted by Gasteiger charge is 2.67. The third-order valence-electron chi connectivity index (χ3n) is 5.43. The molecule has 2 atom stereocenters. The highest BCUT2D eigenvalue weighted by molar-refractivity contribution is 6.01. The lowest BCUT2D eigenvalue weighted by Gasteiger charge is -2.38. The molecule has 8 heteroatoms. The number of benzene rings is 1. The molecule has 29 heavy (non-hydrogen) atoms. The molecule has 2 aliphatic rings. The summed E-state index contributed by atoms with van der Waals surface area (Å²) in [5, 5.41) is 3.30. The fourth-order valence-corrected chi connectivity index (χ4v) is 4.38. The zero-order valence-electron chi connectivity index (χ0n) is 17.5. The summed E-state index contributed by atoms with van der Waals surface area (Å²) in [6.07, 6.45) is 0.301. The number of carbonyl (C=O) groups is 3. The van der Waals surface area contributed by atoms with Crippen molar-refractivity contribution in [3.05, 3.63) is 35.9 Å². The molecule has 0 unspecified atom stereocenters. The highest BCUT2D eigenvalue weighted by atomic mass is 16.6. The number of amides is 1. The van der Waals surface area contributed by atoms with E-state index >= 15 is 0 Å². The van der Waals surface area contributed by atoms with Crippen molar-refractivity contribution in [2.24, 2.45) is 5.41 Å². The van der Waals surface area contributed by atoms with Gasteiger partial charge in [-0.1, -0.05) is 30.3 Å². The number of hydrogen-bond acceptors (Lipinski definition) is 7. The first-order valence-corrected chi connectivity index (χ1v) is 9.66. The van der Waals surface area contributed by atoms with E-state index < -0.39 is 35.1 Å². The maximum absolute atomic E-state index is 13.0. The Hall–Kier alpha value is -2.61. The smallest absolute Gasteiger partial charge is 0.425 e. The van der Waals surface area contributed by atoms with Crippen LogP contribution in [0.5, 0.6) is 0 Å². The van der Waals surface area contributed by atoms with E-state index in [0.717, 1.165) is 5.56 Å². The van der Waals surface area contributed by atoms with Crippen molar-refractivity contribution in [2.45, 2.75) is 51.3 Å². The molecule has 158 valence electrons. The van der Waals surface area contributed by atoms with Gasteiger partial charge in [-0.3, -0.25) is 9.59 Å². The van der Waals surface area contributed by atoms with Gasteiger partial charge >= 0.3 is 18.0 Å². The van der Waals surface area contributed by atoms with Crippen molar-refractivity contribution < 1.29 is 28.6 Å². The van der Waals surface area contributed by atoms with E-state index in [2.05, 4.69) is 0 Å². The van der Waals surface area contributed by atoms with Gasteiger partial charge in [0.15, 0.2) is 5.41 Å². The second-order valence-electron chi connectivity index (χ2n) is 8.40. The minimum absolute atomic E-state index is 0.200. The number of carbonyl (C=O) groups excluding carboxylic acids is 3. The van der Waals surface area contributed by atoms with Crippen LogP contribution in [0.15, 0.2) is 30.3 Å². The summed E-state index contributed by atoms with van der Waals surface area (Å²) < 4.78 is 15.7. The van der Waals surface area contributed by atoms with Gasteiger partial charge in [-0.2, -0.15) is 0 Å². The fraction of sp³-hybridized carbons (Fsp3) is 0.571. The van der Waals surface area contributed by atoms with Crippen molar-refractivity contribution >= 4 is 18.0 Å². The maximum atomic E-state index is 13.0. The van der Waals surface area contributed by atoms with E-state index in [0.29, 0.717) is 13.0 Å². The van der Waals surface area contributed by atoms with Crippen LogP contribution in [-0.2, 0) is 23.8 Å². The van der Waals surface area contributed by atoms with Crippen molar-refractivity contribution in [1.29, 1.82) is 0 Å².